The van der Waals surface area contributed by atoms with Gasteiger partial charge in [0.2, 0.25) is 0 Å². The molecule has 1 spiro atoms. The molecule has 0 amide bonds. The van der Waals surface area contributed by atoms with E-state index in [0.29, 0.717) is 23.8 Å². The molecular formula is C17H24N2O5. The van der Waals surface area contributed by atoms with E-state index < -0.39 is 4.92 Å². The Kier molecular flexibility index (Phi) is 4.54. The number of anilines is 1. The molecule has 0 radical (unpaired) electrons. The van der Waals surface area contributed by atoms with Crippen molar-refractivity contribution in [3.05, 3.63) is 22.2 Å². The van der Waals surface area contributed by atoms with Gasteiger partial charge in [0.05, 0.1) is 31.3 Å². The summed E-state index contributed by atoms with van der Waals surface area (Å²) in [4.78, 5) is 11.0. The Balaban J connectivity index is 1.86. The normalized spacial score (nSPS) is 24.0. The van der Waals surface area contributed by atoms with Crippen LogP contribution in [-0.2, 0) is 4.74 Å². The largest absolute Gasteiger partial charge is 0.493 e. The summed E-state index contributed by atoms with van der Waals surface area (Å²) in [5, 5.41) is 14.8. The molecule has 2 fully saturated rings. The van der Waals surface area contributed by atoms with Crippen molar-refractivity contribution in [1.29, 1.82) is 0 Å². The number of rotatable bonds is 7. The maximum Gasteiger partial charge on any atom is 0.296 e. The summed E-state index contributed by atoms with van der Waals surface area (Å²) >= 11 is 0. The molecule has 2 atom stereocenters. The molecule has 2 aliphatic rings. The van der Waals surface area contributed by atoms with Gasteiger partial charge in [-0.25, -0.2) is 0 Å². The molecule has 0 saturated heterocycles. The van der Waals surface area contributed by atoms with Gasteiger partial charge in [-0.2, -0.15) is 0 Å². The fraction of sp³-hybridized carbons (Fsp3) is 0.647. The third-order valence-corrected chi connectivity index (χ3v) is 5.47. The van der Waals surface area contributed by atoms with E-state index in [4.69, 9.17) is 14.2 Å². The first-order chi connectivity index (χ1) is 11.6. The van der Waals surface area contributed by atoms with Crippen LogP contribution in [0, 0.1) is 15.5 Å². The van der Waals surface area contributed by atoms with Crippen molar-refractivity contribution in [1.82, 2.24) is 0 Å². The van der Waals surface area contributed by atoms with Crippen LogP contribution in [0.2, 0.25) is 0 Å². The number of nitro groups is 1. The molecule has 0 heterocycles. The number of ether oxygens (including phenoxy) is 3. The van der Waals surface area contributed by atoms with Gasteiger partial charge in [0.15, 0.2) is 11.5 Å². The SMILES string of the molecule is CCO[C@H]1C[C@H](Nc2cc(OC)c(OC)cc2[N+](=O)[O-])C12CCC2. The third-order valence-electron chi connectivity index (χ3n) is 5.47. The summed E-state index contributed by atoms with van der Waals surface area (Å²) in [7, 11) is 2.99. The Hall–Kier alpha value is -2.02. The number of nitrogens with zero attached hydrogens (tertiary/aromatic N) is 1. The zero-order chi connectivity index (χ0) is 17.3. The van der Waals surface area contributed by atoms with Gasteiger partial charge in [0.25, 0.3) is 5.69 Å². The van der Waals surface area contributed by atoms with Crippen LogP contribution in [0.3, 0.4) is 0 Å². The summed E-state index contributed by atoms with van der Waals surface area (Å²) in [6, 6.07) is 3.25. The quantitative estimate of drug-likeness (QED) is 0.607. The standard InChI is InChI=1S/C17H24N2O5/c1-4-24-16-10-15(17(16)6-5-7-17)18-11-8-13(22-2)14(23-3)9-12(11)19(20)21/h8-9,15-16,18H,4-7,10H2,1-3H3/t15-,16-/m0/s1. The predicted octanol–water partition coefficient (Wildman–Crippen LogP) is 3.37. The molecule has 7 heteroatoms. The minimum absolute atomic E-state index is 0.00184. The molecule has 1 N–H and O–H groups in total. The van der Waals surface area contributed by atoms with Crippen molar-refractivity contribution in [2.45, 2.75) is 44.8 Å². The highest BCUT2D eigenvalue weighted by Crippen LogP contribution is 2.58. The molecule has 0 aromatic heterocycles. The zero-order valence-corrected chi connectivity index (χ0v) is 14.3. The molecule has 2 aliphatic carbocycles. The van der Waals surface area contributed by atoms with E-state index in [0.717, 1.165) is 19.3 Å². The van der Waals surface area contributed by atoms with E-state index in [9.17, 15) is 10.1 Å². The predicted molar refractivity (Wildman–Crippen MR) is 89.9 cm³/mol. The second-order valence-electron chi connectivity index (χ2n) is 6.44. The maximum absolute atomic E-state index is 11.4. The van der Waals surface area contributed by atoms with Gasteiger partial charge >= 0.3 is 0 Å². The Labute approximate surface area is 141 Å². The molecule has 3 rings (SSSR count). The summed E-state index contributed by atoms with van der Waals surface area (Å²) in [5.74, 6) is 0.836. The smallest absolute Gasteiger partial charge is 0.296 e. The van der Waals surface area contributed by atoms with Crippen LogP contribution < -0.4 is 14.8 Å². The molecule has 0 aliphatic heterocycles. The number of nitro benzene ring substituents is 1. The lowest BCUT2D eigenvalue weighted by Crippen LogP contribution is -2.64. The first kappa shape index (κ1) is 16.8. The second-order valence-corrected chi connectivity index (χ2v) is 6.44. The highest BCUT2D eigenvalue weighted by atomic mass is 16.6. The second kappa shape index (κ2) is 6.47. The van der Waals surface area contributed by atoms with Crippen LogP contribution in [0.25, 0.3) is 0 Å². The van der Waals surface area contributed by atoms with Crippen LogP contribution in [0.4, 0.5) is 11.4 Å². The zero-order valence-electron chi connectivity index (χ0n) is 14.3. The number of hydrogen-bond acceptors (Lipinski definition) is 6. The van der Waals surface area contributed by atoms with Crippen molar-refractivity contribution in [3.8, 4) is 11.5 Å². The Morgan fingerprint density at radius 2 is 1.96 bits per heavy atom. The number of benzene rings is 1. The van der Waals surface area contributed by atoms with Crippen LogP contribution in [-0.4, -0.2) is 37.9 Å². The average Bonchev–Trinajstić information content (AvgIpc) is 2.51. The third kappa shape index (κ3) is 2.56. The van der Waals surface area contributed by atoms with Crippen LogP contribution in [0.5, 0.6) is 11.5 Å². The van der Waals surface area contributed by atoms with Gasteiger partial charge < -0.3 is 19.5 Å². The van der Waals surface area contributed by atoms with Crippen molar-refractivity contribution in [3.63, 3.8) is 0 Å². The van der Waals surface area contributed by atoms with E-state index in [-0.39, 0.29) is 23.2 Å². The lowest BCUT2D eigenvalue weighted by molar-refractivity contribution is -0.384. The Morgan fingerprint density at radius 1 is 1.29 bits per heavy atom. The van der Waals surface area contributed by atoms with Crippen molar-refractivity contribution < 1.29 is 19.1 Å². The number of nitrogens with one attached hydrogen (secondary N) is 1. The van der Waals surface area contributed by atoms with Crippen LogP contribution in [0.1, 0.15) is 32.6 Å². The fourth-order valence-electron chi connectivity index (χ4n) is 3.96. The molecule has 1 aromatic carbocycles. The molecule has 1 aromatic rings. The number of hydrogen-bond donors (Lipinski definition) is 1. The molecule has 2 saturated carbocycles. The minimum Gasteiger partial charge on any atom is -0.493 e. The van der Waals surface area contributed by atoms with Crippen LogP contribution >= 0.6 is 0 Å². The van der Waals surface area contributed by atoms with Gasteiger partial charge in [0, 0.05) is 24.1 Å². The monoisotopic (exact) mass is 336 g/mol. The lowest BCUT2D eigenvalue weighted by Gasteiger charge is -2.61. The molecule has 0 unspecified atom stereocenters. The molecule has 0 bridgehead atoms. The van der Waals surface area contributed by atoms with Crippen molar-refractivity contribution >= 4 is 11.4 Å². The van der Waals surface area contributed by atoms with Crippen molar-refractivity contribution in [2.24, 2.45) is 5.41 Å². The van der Waals surface area contributed by atoms with Gasteiger partial charge in [-0.15, -0.1) is 0 Å². The molecule has 7 nitrogen and oxygen atoms in total. The summed E-state index contributed by atoms with van der Waals surface area (Å²) < 4.78 is 16.3. The minimum atomic E-state index is -0.392. The maximum atomic E-state index is 11.4. The lowest BCUT2D eigenvalue weighted by atomic mass is 9.51. The Morgan fingerprint density at radius 3 is 2.46 bits per heavy atom. The fourth-order valence-corrected chi connectivity index (χ4v) is 3.96. The van der Waals surface area contributed by atoms with E-state index in [1.54, 1.807) is 6.07 Å². The molecular weight excluding hydrogens is 312 g/mol. The van der Waals surface area contributed by atoms with E-state index in [1.165, 1.54) is 26.7 Å². The van der Waals surface area contributed by atoms with Crippen molar-refractivity contribution in [2.75, 3.05) is 26.1 Å². The molecule has 132 valence electrons. The van der Waals surface area contributed by atoms with Gasteiger partial charge in [-0.05, 0) is 26.2 Å². The van der Waals surface area contributed by atoms with E-state index in [1.807, 2.05) is 6.92 Å². The summed E-state index contributed by atoms with van der Waals surface area (Å²) in [5.41, 5.74) is 0.600. The van der Waals surface area contributed by atoms with E-state index in [2.05, 4.69) is 5.32 Å². The highest BCUT2D eigenvalue weighted by Gasteiger charge is 2.59. The first-order valence-electron chi connectivity index (χ1n) is 8.34. The van der Waals surface area contributed by atoms with Gasteiger partial charge in [-0.1, -0.05) is 6.42 Å². The van der Waals surface area contributed by atoms with Crippen LogP contribution in [0.15, 0.2) is 12.1 Å². The number of methoxy groups -OCH3 is 2. The average molecular weight is 336 g/mol. The Bertz CT molecular complexity index is 630. The summed E-state index contributed by atoms with van der Waals surface area (Å²) in [6.45, 7) is 2.71. The molecule has 24 heavy (non-hydrogen) atoms. The highest BCUT2D eigenvalue weighted by molar-refractivity contribution is 5.69. The first-order valence-corrected chi connectivity index (χ1v) is 8.34. The van der Waals surface area contributed by atoms with Gasteiger partial charge in [-0.3, -0.25) is 10.1 Å². The summed E-state index contributed by atoms with van der Waals surface area (Å²) in [6.07, 6.45) is 4.54. The van der Waals surface area contributed by atoms with E-state index >= 15 is 0 Å². The van der Waals surface area contributed by atoms with Gasteiger partial charge in [0.1, 0.15) is 5.69 Å². The topological polar surface area (TPSA) is 82.9 Å².